The molecule has 0 aliphatic carbocycles. The van der Waals surface area contributed by atoms with Crippen molar-refractivity contribution in [1.82, 2.24) is 19.6 Å². The van der Waals surface area contributed by atoms with E-state index in [9.17, 15) is 19.2 Å². The molecule has 0 bridgehead atoms. The smallest absolute Gasteiger partial charge is 0.410 e. The van der Waals surface area contributed by atoms with Gasteiger partial charge >= 0.3 is 17.6 Å². The lowest BCUT2D eigenvalue weighted by Crippen LogP contribution is -2.50. The molecule has 0 radical (unpaired) electrons. The maximum atomic E-state index is 12.4. The molecule has 2 rings (SSSR count). The minimum absolute atomic E-state index is 0.175. The number of rotatable bonds is 6. The number of amides is 1. The number of methoxy groups -OCH3 is 1. The molecule has 10 nitrogen and oxygen atoms in total. The molecule has 0 spiro atoms. The summed E-state index contributed by atoms with van der Waals surface area (Å²) in [4.78, 5) is 51.6. The van der Waals surface area contributed by atoms with Gasteiger partial charge in [-0.25, -0.2) is 9.48 Å². The van der Waals surface area contributed by atoms with Gasteiger partial charge in [0, 0.05) is 57.4 Å². The van der Waals surface area contributed by atoms with Gasteiger partial charge in [-0.2, -0.15) is 0 Å². The quantitative estimate of drug-likeness (QED) is 0.538. The first-order chi connectivity index (χ1) is 13.6. The number of carbonyl (C=O) groups excluding carboxylic acids is 2. The number of carbonyl (C=O) groups is 2. The fraction of sp³-hybridized carbons (Fsp3) is 0.684. The molecular weight excluding hydrogens is 380 g/mol. The molecule has 162 valence electrons. The minimum atomic E-state index is -0.639. The summed E-state index contributed by atoms with van der Waals surface area (Å²) < 4.78 is 11.1. The zero-order valence-electron chi connectivity index (χ0n) is 17.5. The molecule has 1 amide bonds. The zero-order valence-corrected chi connectivity index (χ0v) is 17.5. The third kappa shape index (κ3) is 6.74. The van der Waals surface area contributed by atoms with Crippen molar-refractivity contribution >= 4 is 12.1 Å². The Morgan fingerprint density at radius 2 is 1.79 bits per heavy atom. The monoisotopic (exact) mass is 410 g/mol. The lowest BCUT2D eigenvalue weighted by Gasteiger charge is -2.35. The molecule has 0 atom stereocenters. The number of piperazine rings is 1. The van der Waals surface area contributed by atoms with Gasteiger partial charge in [0.05, 0.1) is 7.11 Å². The maximum absolute atomic E-state index is 12.4. The standard InChI is InChI=1S/C19H30N4O6/c1-19(2,3)29-18(27)22-10-8-21(9-11-22)13-14-12-20-23(17(26)16(14)25)7-5-6-15(24)28-4/h12,20H,5-11,13H2,1-4H3. The molecule has 1 aliphatic rings. The van der Waals surface area contributed by atoms with Crippen molar-refractivity contribution in [2.24, 2.45) is 0 Å². The number of esters is 1. The van der Waals surface area contributed by atoms with Crippen molar-refractivity contribution in [3.05, 3.63) is 32.3 Å². The largest absolute Gasteiger partial charge is 0.469 e. The van der Waals surface area contributed by atoms with Crippen LogP contribution >= 0.6 is 0 Å². The van der Waals surface area contributed by atoms with Crippen molar-refractivity contribution < 1.29 is 19.1 Å². The highest BCUT2D eigenvalue weighted by atomic mass is 16.6. The second-order valence-corrected chi connectivity index (χ2v) is 8.01. The van der Waals surface area contributed by atoms with Crippen molar-refractivity contribution in [2.45, 2.75) is 52.3 Å². The first-order valence-corrected chi connectivity index (χ1v) is 9.69. The van der Waals surface area contributed by atoms with E-state index in [1.165, 1.54) is 18.0 Å². The Morgan fingerprint density at radius 1 is 1.14 bits per heavy atom. The third-order valence-corrected chi connectivity index (χ3v) is 4.53. The Balaban J connectivity index is 1.90. The van der Waals surface area contributed by atoms with Crippen LogP contribution in [-0.4, -0.2) is 70.5 Å². The summed E-state index contributed by atoms with van der Waals surface area (Å²) in [5.74, 6) is -0.359. The van der Waals surface area contributed by atoms with Gasteiger partial charge in [-0.1, -0.05) is 0 Å². The molecule has 1 aliphatic heterocycles. The molecule has 0 unspecified atom stereocenters. The molecule has 1 saturated heterocycles. The topological polar surface area (TPSA) is 114 Å². The number of nitrogens with one attached hydrogen (secondary N) is 1. The summed E-state index contributed by atoms with van der Waals surface area (Å²) in [6, 6.07) is 0. The Morgan fingerprint density at radius 3 is 2.38 bits per heavy atom. The summed E-state index contributed by atoms with van der Waals surface area (Å²) in [7, 11) is 1.30. The number of ether oxygens (including phenoxy) is 2. The molecule has 0 aromatic carbocycles. The molecule has 2 heterocycles. The lowest BCUT2D eigenvalue weighted by molar-refractivity contribution is -0.140. The van der Waals surface area contributed by atoms with Crippen LogP contribution in [0.15, 0.2) is 15.8 Å². The van der Waals surface area contributed by atoms with Gasteiger partial charge < -0.3 is 19.5 Å². The zero-order chi connectivity index (χ0) is 21.6. The van der Waals surface area contributed by atoms with Crippen LogP contribution in [0.3, 0.4) is 0 Å². The van der Waals surface area contributed by atoms with E-state index in [0.29, 0.717) is 44.7 Å². The number of aryl methyl sites for hydroxylation is 1. The van der Waals surface area contributed by atoms with Gasteiger partial charge in [0.1, 0.15) is 5.60 Å². The van der Waals surface area contributed by atoms with Crippen molar-refractivity contribution in [3.63, 3.8) is 0 Å². The number of hydrogen-bond donors (Lipinski definition) is 1. The first-order valence-electron chi connectivity index (χ1n) is 9.69. The number of hydrogen-bond acceptors (Lipinski definition) is 7. The molecule has 1 N–H and O–H groups in total. The second-order valence-electron chi connectivity index (χ2n) is 8.01. The summed E-state index contributed by atoms with van der Waals surface area (Å²) in [5, 5.41) is 2.82. The Hall–Kier alpha value is -2.62. The van der Waals surface area contributed by atoms with Crippen LogP contribution in [0.5, 0.6) is 0 Å². The average molecular weight is 410 g/mol. The Bertz CT molecular complexity index is 830. The highest BCUT2D eigenvalue weighted by molar-refractivity contribution is 5.69. The van der Waals surface area contributed by atoms with E-state index < -0.39 is 16.6 Å². The summed E-state index contributed by atoms with van der Waals surface area (Å²) in [6.07, 6.45) is 1.76. The van der Waals surface area contributed by atoms with Crippen molar-refractivity contribution in [3.8, 4) is 0 Å². The van der Waals surface area contributed by atoms with Crippen LogP contribution in [-0.2, 0) is 27.4 Å². The SMILES string of the molecule is COC(=O)CCCn1[nH]cc(CN2CCN(C(=O)OC(C)(C)C)CC2)c(=O)c1=O. The van der Waals surface area contributed by atoms with E-state index in [2.05, 4.69) is 9.84 Å². The van der Waals surface area contributed by atoms with Gasteiger partial charge in [-0.05, 0) is 27.2 Å². The van der Waals surface area contributed by atoms with E-state index in [-0.39, 0.29) is 25.0 Å². The first kappa shape index (κ1) is 22.7. The van der Waals surface area contributed by atoms with Gasteiger partial charge in [0.25, 0.3) is 5.43 Å². The van der Waals surface area contributed by atoms with Gasteiger partial charge in [-0.15, -0.1) is 0 Å². The normalized spacial score (nSPS) is 15.2. The van der Waals surface area contributed by atoms with Crippen molar-refractivity contribution in [2.75, 3.05) is 33.3 Å². The maximum Gasteiger partial charge on any atom is 0.410 e. The highest BCUT2D eigenvalue weighted by Gasteiger charge is 2.26. The molecule has 1 aromatic rings. The summed E-state index contributed by atoms with van der Waals surface area (Å²) in [5.41, 5.74) is -1.36. The molecule has 10 heteroatoms. The third-order valence-electron chi connectivity index (χ3n) is 4.53. The number of aromatic amines is 1. The molecule has 0 saturated carbocycles. The molecule has 1 aromatic heterocycles. The minimum Gasteiger partial charge on any atom is -0.469 e. The Kier molecular flexibility index (Phi) is 7.60. The van der Waals surface area contributed by atoms with Crippen LogP contribution in [0.1, 0.15) is 39.2 Å². The Labute approximate surface area is 169 Å². The van der Waals surface area contributed by atoms with Crippen LogP contribution in [0.25, 0.3) is 0 Å². The predicted octanol–water partition coefficient (Wildman–Crippen LogP) is 0.543. The molecule has 29 heavy (non-hydrogen) atoms. The summed E-state index contributed by atoms with van der Waals surface area (Å²) in [6.45, 7) is 8.20. The molecule has 1 fully saturated rings. The van der Waals surface area contributed by atoms with Gasteiger partial charge in [0.2, 0.25) is 0 Å². The fourth-order valence-corrected chi connectivity index (χ4v) is 2.96. The van der Waals surface area contributed by atoms with Gasteiger partial charge in [-0.3, -0.25) is 19.3 Å². The van der Waals surface area contributed by atoms with E-state index in [1.54, 1.807) is 4.90 Å². The van der Waals surface area contributed by atoms with E-state index in [4.69, 9.17) is 4.74 Å². The number of aromatic nitrogens is 2. The van der Waals surface area contributed by atoms with Crippen LogP contribution in [0.2, 0.25) is 0 Å². The van der Waals surface area contributed by atoms with E-state index in [0.717, 1.165) is 0 Å². The van der Waals surface area contributed by atoms with Crippen molar-refractivity contribution in [1.29, 1.82) is 0 Å². The predicted molar refractivity (Wildman–Crippen MR) is 106 cm³/mol. The number of nitrogens with zero attached hydrogens (tertiary/aromatic N) is 3. The van der Waals surface area contributed by atoms with Crippen LogP contribution in [0, 0.1) is 0 Å². The van der Waals surface area contributed by atoms with E-state index in [1.807, 2.05) is 25.7 Å². The van der Waals surface area contributed by atoms with Crippen LogP contribution in [0.4, 0.5) is 4.79 Å². The second kappa shape index (κ2) is 9.73. The fourth-order valence-electron chi connectivity index (χ4n) is 2.96. The average Bonchev–Trinajstić information content (AvgIpc) is 2.66. The van der Waals surface area contributed by atoms with Crippen LogP contribution < -0.4 is 11.0 Å². The number of H-pyrrole nitrogens is 1. The lowest BCUT2D eigenvalue weighted by atomic mass is 10.2. The van der Waals surface area contributed by atoms with E-state index >= 15 is 0 Å². The van der Waals surface area contributed by atoms with Gasteiger partial charge in [0.15, 0.2) is 0 Å². The molecular formula is C19H30N4O6. The highest BCUT2D eigenvalue weighted by Crippen LogP contribution is 2.12. The summed E-state index contributed by atoms with van der Waals surface area (Å²) >= 11 is 0.